The van der Waals surface area contributed by atoms with E-state index in [1.54, 1.807) is 24.5 Å². The maximum atomic E-state index is 12.2. The molecule has 1 aliphatic heterocycles. The first kappa shape index (κ1) is 20.5. The van der Waals surface area contributed by atoms with Gasteiger partial charge in [0.1, 0.15) is 18.1 Å². The second kappa shape index (κ2) is 8.85. The normalized spacial score (nSPS) is 16.9. The molecular weight excluding hydrogens is 389 g/mol. The first-order chi connectivity index (χ1) is 13.8. The molecule has 154 valence electrons. The molecule has 0 aliphatic carbocycles. The predicted molar refractivity (Wildman–Crippen MR) is 98.8 cm³/mol. The first-order valence-corrected chi connectivity index (χ1v) is 8.90. The lowest BCUT2D eigenvalue weighted by atomic mass is 10.2. The first-order valence-electron chi connectivity index (χ1n) is 8.90. The van der Waals surface area contributed by atoms with Gasteiger partial charge in [0.15, 0.2) is 0 Å². The van der Waals surface area contributed by atoms with Crippen LogP contribution in [0.15, 0.2) is 54.9 Å². The van der Waals surface area contributed by atoms with Gasteiger partial charge in [0.25, 0.3) is 0 Å². The van der Waals surface area contributed by atoms with E-state index >= 15 is 0 Å². The summed E-state index contributed by atoms with van der Waals surface area (Å²) in [6.07, 6.45) is 3.09. The van der Waals surface area contributed by atoms with Gasteiger partial charge in [-0.05, 0) is 30.5 Å². The summed E-state index contributed by atoms with van der Waals surface area (Å²) in [6, 6.07) is 7.22. The van der Waals surface area contributed by atoms with Crippen LogP contribution < -0.4 is 14.4 Å². The van der Waals surface area contributed by atoms with Gasteiger partial charge in [-0.25, -0.2) is 4.79 Å². The Balaban J connectivity index is 1.62. The third kappa shape index (κ3) is 6.13. The van der Waals surface area contributed by atoms with Crippen molar-refractivity contribution < 1.29 is 32.5 Å². The number of benzene rings is 1. The Morgan fingerprint density at radius 1 is 1.24 bits per heavy atom. The van der Waals surface area contributed by atoms with E-state index in [0.717, 1.165) is 31.1 Å². The molecule has 0 spiro atoms. The molecule has 9 heteroatoms. The lowest BCUT2D eigenvalue weighted by molar-refractivity contribution is -0.274. The molecule has 1 N–H and O–H groups in total. The van der Waals surface area contributed by atoms with Crippen LogP contribution in [0, 0.1) is 0 Å². The van der Waals surface area contributed by atoms with E-state index in [1.807, 2.05) is 0 Å². The molecule has 0 bridgehead atoms. The van der Waals surface area contributed by atoms with Crippen LogP contribution in [0.25, 0.3) is 0 Å². The van der Waals surface area contributed by atoms with Crippen LogP contribution in [-0.2, 0) is 11.4 Å². The van der Waals surface area contributed by atoms with Crippen LogP contribution in [0.1, 0.15) is 18.4 Å². The number of pyridine rings is 1. The number of ether oxygens (including phenoxy) is 2. The Morgan fingerprint density at radius 2 is 2.00 bits per heavy atom. The highest BCUT2D eigenvalue weighted by Gasteiger charge is 2.31. The molecule has 1 saturated heterocycles. The zero-order valence-corrected chi connectivity index (χ0v) is 15.3. The molecule has 0 radical (unpaired) electrons. The van der Waals surface area contributed by atoms with E-state index < -0.39 is 12.3 Å². The number of aromatic nitrogens is 1. The van der Waals surface area contributed by atoms with Gasteiger partial charge < -0.3 is 19.5 Å². The van der Waals surface area contributed by atoms with Crippen molar-refractivity contribution in [3.05, 3.63) is 60.4 Å². The molecular formula is C20H19F3N2O4. The van der Waals surface area contributed by atoms with Gasteiger partial charge in [-0.3, -0.25) is 4.98 Å². The van der Waals surface area contributed by atoms with Crippen LogP contribution in [-0.4, -0.2) is 35.0 Å². The summed E-state index contributed by atoms with van der Waals surface area (Å²) in [4.78, 5) is 17.0. The standard InChI is InChI=1S/C20H19F3N2O4/c21-20(22,23)29-17-6-3-14(4-7-17)13-28-18-10-16(11-24-12-18)25-9-1-2-15(25)5-8-19(26)27/h3-8,10-12,15H,1-2,9,13H2,(H,26,27)/b8-5+. The van der Waals surface area contributed by atoms with Crippen LogP contribution in [0.5, 0.6) is 11.5 Å². The number of anilines is 1. The highest BCUT2D eigenvalue weighted by Crippen LogP contribution is 2.29. The van der Waals surface area contributed by atoms with Gasteiger partial charge >= 0.3 is 12.3 Å². The summed E-state index contributed by atoms with van der Waals surface area (Å²) in [6.45, 7) is 0.931. The van der Waals surface area contributed by atoms with Gasteiger partial charge in [-0.2, -0.15) is 0 Å². The quantitative estimate of drug-likeness (QED) is 0.694. The number of hydrogen-bond donors (Lipinski definition) is 1. The molecule has 1 aromatic carbocycles. The van der Waals surface area contributed by atoms with Crippen molar-refractivity contribution in [1.29, 1.82) is 0 Å². The molecule has 2 aromatic rings. The summed E-state index contributed by atoms with van der Waals surface area (Å²) in [5.74, 6) is -0.774. The SMILES string of the molecule is O=C(O)/C=C/C1CCCN1c1cncc(OCc2ccc(OC(F)(F)F)cc2)c1. The van der Waals surface area contributed by atoms with Crippen molar-refractivity contribution in [2.45, 2.75) is 31.9 Å². The molecule has 1 aliphatic rings. The average Bonchev–Trinajstić information content (AvgIpc) is 3.13. The van der Waals surface area contributed by atoms with Crippen LogP contribution in [0.3, 0.4) is 0 Å². The number of carboxylic acid groups (broad SMARTS) is 1. The maximum absolute atomic E-state index is 12.2. The summed E-state index contributed by atoms with van der Waals surface area (Å²) in [5, 5.41) is 8.82. The van der Waals surface area contributed by atoms with Crippen LogP contribution in [0.4, 0.5) is 18.9 Å². The Kier molecular flexibility index (Phi) is 6.26. The molecule has 29 heavy (non-hydrogen) atoms. The molecule has 1 aromatic heterocycles. The van der Waals surface area contributed by atoms with E-state index in [2.05, 4.69) is 14.6 Å². The molecule has 1 atom stereocenters. The zero-order valence-electron chi connectivity index (χ0n) is 15.3. The maximum Gasteiger partial charge on any atom is 0.573 e. The van der Waals surface area contributed by atoms with E-state index in [9.17, 15) is 18.0 Å². The highest BCUT2D eigenvalue weighted by atomic mass is 19.4. The fourth-order valence-corrected chi connectivity index (χ4v) is 3.10. The van der Waals surface area contributed by atoms with E-state index in [4.69, 9.17) is 9.84 Å². The van der Waals surface area contributed by atoms with Crippen molar-refractivity contribution in [2.75, 3.05) is 11.4 Å². The summed E-state index contributed by atoms with van der Waals surface area (Å²) >= 11 is 0. The van der Waals surface area contributed by atoms with Gasteiger partial charge in [0, 0.05) is 24.7 Å². The fraction of sp³-hybridized carbons (Fsp3) is 0.300. The number of aliphatic carboxylic acids is 1. The molecule has 1 fully saturated rings. The Bertz CT molecular complexity index is 869. The second-order valence-corrected chi connectivity index (χ2v) is 6.46. The van der Waals surface area contributed by atoms with E-state index in [-0.39, 0.29) is 18.4 Å². The average molecular weight is 408 g/mol. The third-order valence-corrected chi connectivity index (χ3v) is 4.35. The van der Waals surface area contributed by atoms with Crippen LogP contribution >= 0.6 is 0 Å². The van der Waals surface area contributed by atoms with E-state index in [1.165, 1.54) is 24.3 Å². The molecule has 1 unspecified atom stereocenters. The Morgan fingerprint density at radius 3 is 2.69 bits per heavy atom. The monoisotopic (exact) mass is 408 g/mol. The topological polar surface area (TPSA) is 71.9 Å². The summed E-state index contributed by atoms with van der Waals surface area (Å²) in [7, 11) is 0. The number of halogens is 3. The Labute approximate surface area is 165 Å². The van der Waals surface area contributed by atoms with Crippen molar-refractivity contribution in [3.8, 4) is 11.5 Å². The fourth-order valence-electron chi connectivity index (χ4n) is 3.10. The molecule has 3 rings (SSSR count). The minimum atomic E-state index is -4.72. The minimum Gasteiger partial charge on any atom is -0.487 e. The predicted octanol–water partition coefficient (Wildman–Crippen LogP) is 4.17. The minimum absolute atomic E-state index is 0.0238. The highest BCUT2D eigenvalue weighted by molar-refractivity contribution is 5.80. The number of hydrogen-bond acceptors (Lipinski definition) is 5. The lowest BCUT2D eigenvalue weighted by Crippen LogP contribution is -2.27. The van der Waals surface area contributed by atoms with E-state index in [0.29, 0.717) is 11.3 Å². The summed E-state index contributed by atoms with van der Waals surface area (Å²) < 4.78 is 46.1. The molecule has 0 saturated carbocycles. The van der Waals surface area contributed by atoms with Gasteiger partial charge in [0.05, 0.1) is 18.1 Å². The van der Waals surface area contributed by atoms with Crippen molar-refractivity contribution in [1.82, 2.24) is 4.98 Å². The lowest BCUT2D eigenvalue weighted by Gasteiger charge is -2.24. The van der Waals surface area contributed by atoms with Crippen molar-refractivity contribution >= 4 is 11.7 Å². The van der Waals surface area contributed by atoms with Gasteiger partial charge in [-0.1, -0.05) is 18.2 Å². The third-order valence-electron chi connectivity index (χ3n) is 4.35. The smallest absolute Gasteiger partial charge is 0.487 e. The number of nitrogens with zero attached hydrogens (tertiary/aromatic N) is 2. The van der Waals surface area contributed by atoms with Gasteiger partial charge in [-0.15, -0.1) is 13.2 Å². The largest absolute Gasteiger partial charge is 0.573 e. The van der Waals surface area contributed by atoms with Crippen LogP contribution in [0.2, 0.25) is 0 Å². The van der Waals surface area contributed by atoms with Crippen molar-refractivity contribution in [3.63, 3.8) is 0 Å². The molecule has 2 heterocycles. The number of carbonyl (C=O) groups is 1. The zero-order chi connectivity index (χ0) is 20.9. The molecule has 6 nitrogen and oxygen atoms in total. The summed E-state index contributed by atoms with van der Waals surface area (Å²) in [5.41, 5.74) is 1.49. The van der Waals surface area contributed by atoms with Gasteiger partial charge in [0.2, 0.25) is 0 Å². The number of carboxylic acids is 1. The number of rotatable bonds is 7. The second-order valence-electron chi connectivity index (χ2n) is 6.46. The molecule has 0 amide bonds. The Hall–Kier alpha value is -3.23. The number of alkyl halides is 3. The van der Waals surface area contributed by atoms with Crippen molar-refractivity contribution in [2.24, 2.45) is 0 Å².